The summed E-state index contributed by atoms with van der Waals surface area (Å²) in [5.74, 6) is 0. The highest BCUT2D eigenvalue weighted by atomic mass is 35.5. The molecule has 2 rings (SSSR count). The van der Waals surface area contributed by atoms with Gasteiger partial charge < -0.3 is 10.1 Å². The van der Waals surface area contributed by atoms with Crippen molar-refractivity contribution in [3.05, 3.63) is 47.0 Å². The molecule has 0 saturated heterocycles. The van der Waals surface area contributed by atoms with E-state index in [0.29, 0.717) is 18.2 Å². The molecule has 2 aromatic rings. The van der Waals surface area contributed by atoms with Crippen molar-refractivity contribution in [2.75, 3.05) is 20.8 Å². The number of methoxy groups -OCH3 is 1. The van der Waals surface area contributed by atoms with Crippen molar-refractivity contribution in [2.24, 2.45) is 0 Å². The standard InChI is InChI=1S/C14H19ClN4O/c1-16-13(8-11-4-3-5-17-9-11)14-12(15)10-18-19(14)6-7-20-2/h3-5,9-10,13,16H,6-8H2,1-2H3. The lowest BCUT2D eigenvalue weighted by Gasteiger charge is -2.18. The zero-order valence-corrected chi connectivity index (χ0v) is 12.5. The molecule has 0 spiro atoms. The van der Waals surface area contributed by atoms with Crippen LogP contribution in [0.4, 0.5) is 0 Å². The topological polar surface area (TPSA) is 52.0 Å². The van der Waals surface area contributed by atoms with Gasteiger partial charge in [-0.2, -0.15) is 5.10 Å². The van der Waals surface area contributed by atoms with Crippen molar-refractivity contribution in [1.82, 2.24) is 20.1 Å². The van der Waals surface area contributed by atoms with Crippen LogP contribution < -0.4 is 5.32 Å². The predicted octanol–water partition coefficient (Wildman–Crippen LogP) is 2.08. The van der Waals surface area contributed by atoms with Gasteiger partial charge in [-0.25, -0.2) is 0 Å². The number of hydrogen-bond acceptors (Lipinski definition) is 4. The van der Waals surface area contributed by atoms with Crippen molar-refractivity contribution >= 4 is 11.6 Å². The molecule has 0 aliphatic heterocycles. The third kappa shape index (κ3) is 3.56. The number of aromatic nitrogens is 3. The number of rotatable bonds is 7. The summed E-state index contributed by atoms with van der Waals surface area (Å²) in [4.78, 5) is 4.14. The number of likely N-dealkylation sites (N-methyl/N-ethyl adjacent to an activating group) is 1. The van der Waals surface area contributed by atoms with E-state index in [2.05, 4.69) is 21.5 Å². The number of halogens is 1. The van der Waals surface area contributed by atoms with E-state index in [1.54, 1.807) is 19.5 Å². The van der Waals surface area contributed by atoms with E-state index in [1.807, 2.05) is 24.0 Å². The highest BCUT2D eigenvalue weighted by molar-refractivity contribution is 6.31. The van der Waals surface area contributed by atoms with E-state index in [-0.39, 0.29) is 6.04 Å². The van der Waals surface area contributed by atoms with E-state index in [1.165, 1.54) is 0 Å². The first-order valence-corrected chi connectivity index (χ1v) is 6.90. The molecule has 6 heteroatoms. The van der Waals surface area contributed by atoms with Crippen molar-refractivity contribution in [2.45, 2.75) is 19.0 Å². The van der Waals surface area contributed by atoms with Crippen molar-refractivity contribution in [1.29, 1.82) is 0 Å². The second-order valence-corrected chi connectivity index (χ2v) is 4.91. The molecule has 0 saturated carbocycles. The third-order valence-corrected chi connectivity index (χ3v) is 3.47. The van der Waals surface area contributed by atoms with Crippen LogP contribution in [0.3, 0.4) is 0 Å². The van der Waals surface area contributed by atoms with Crippen LogP contribution in [-0.4, -0.2) is 35.5 Å². The minimum Gasteiger partial charge on any atom is -0.383 e. The van der Waals surface area contributed by atoms with Crippen molar-refractivity contribution in [3.8, 4) is 0 Å². The molecule has 2 heterocycles. The predicted molar refractivity (Wildman–Crippen MR) is 78.9 cm³/mol. The average molecular weight is 295 g/mol. The zero-order valence-electron chi connectivity index (χ0n) is 11.7. The molecular weight excluding hydrogens is 276 g/mol. The van der Waals surface area contributed by atoms with Crippen LogP contribution in [0, 0.1) is 0 Å². The van der Waals surface area contributed by atoms with E-state index >= 15 is 0 Å². The van der Waals surface area contributed by atoms with Crippen LogP contribution in [0.2, 0.25) is 5.02 Å². The fourth-order valence-electron chi connectivity index (χ4n) is 2.16. The Morgan fingerprint density at radius 3 is 2.95 bits per heavy atom. The van der Waals surface area contributed by atoms with Gasteiger partial charge >= 0.3 is 0 Å². The number of ether oxygens (including phenoxy) is 1. The summed E-state index contributed by atoms with van der Waals surface area (Å²) in [5, 5.41) is 8.28. The largest absolute Gasteiger partial charge is 0.383 e. The lowest BCUT2D eigenvalue weighted by atomic mass is 10.0. The van der Waals surface area contributed by atoms with Gasteiger partial charge in [0.25, 0.3) is 0 Å². The van der Waals surface area contributed by atoms with Gasteiger partial charge in [-0.3, -0.25) is 9.67 Å². The van der Waals surface area contributed by atoms with Gasteiger partial charge in [0.2, 0.25) is 0 Å². The first-order valence-electron chi connectivity index (χ1n) is 6.52. The van der Waals surface area contributed by atoms with Crippen molar-refractivity contribution in [3.63, 3.8) is 0 Å². The minimum absolute atomic E-state index is 0.0889. The monoisotopic (exact) mass is 294 g/mol. The fraction of sp³-hybridized carbons (Fsp3) is 0.429. The summed E-state index contributed by atoms with van der Waals surface area (Å²) in [6.07, 6.45) is 6.13. The molecule has 5 nitrogen and oxygen atoms in total. The lowest BCUT2D eigenvalue weighted by Crippen LogP contribution is -2.23. The molecule has 0 radical (unpaired) electrons. The second kappa shape index (κ2) is 7.38. The van der Waals surface area contributed by atoms with Gasteiger partial charge in [-0.05, 0) is 25.1 Å². The quantitative estimate of drug-likeness (QED) is 0.849. The normalized spacial score (nSPS) is 12.6. The van der Waals surface area contributed by atoms with Gasteiger partial charge in [0, 0.05) is 19.5 Å². The van der Waals surface area contributed by atoms with E-state index in [9.17, 15) is 0 Å². The average Bonchev–Trinajstić information content (AvgIpc) is 2.84. The molecule has 0 aliphatic rings. The lowest BCUT2D eigenvalue weighted by molar-refractivity contribution is 0.181. The molecule has 1 N–H and O–H groups in total. The Hall–Kier alpha value is -1.43. The summed E-state index contributed by atoms with van der Waals surface area (Å²) in [5.41, 5.74) is 2.14. The summed E-state index contributed by atoms with van der Waals surface area (Å²) in [7, 11) is 3.60. The highest BCUT2D eigenvalue weighted by Gasteiger charge is 2.19. The molecule has 2 aromatic heterocycles. The minimum atomic E-state index is 0.0889. The molecule has 0 bridgehead atoms. The Labute approximate surface area is 123 Å². The van der Waals surface area contributed by atoms with Crippen LogP contribution in [0.25, 0.3) is 0 Å². The van der Waals surface area contributed by atoms with Crippen molar-refractivity contribution < 1.29 is 4.74 Å². The Morgan fingerprint density at radius 2 is 2.30 bits per heavy atom. The second-order valence-electron chi connectivity index (χ2n) is 4.50. The molecule has 1 atom stereocenters. The highest BCUT2D eigenvalue weighted by Crippen LogP contribution is 2.25. The molecular formula is C14H19ClN4O. The molecule has 0 amide bonds. The summed E-state index contributed by atoms with van der Waals surface area (Å²) < 4.78 is 7.00. The Bertz CT molecular complexity index is 529. The zero-order chi connectivity index (χ0) is 14.4. The summed E-state index contributed by atoms with van der Waals surface area (Å²) in [6, 6.07) is 4.08. The molecule has 1 unspecified atom stereocenters. The molecule has 108 valence electrons. The first-order chi connectivity index (χ1) is 9.76. The fourth-order valence-corrected chi connectivity index (χ4v) is 2.44. The van der Waals surface area contributed by atoms with Crippen LogP contribution in [0.15, 0.2) is 30.7 Å². The van der Waals surface area contributed by atoms with E-state index in [4.69, 9.17) is 16.3 Å². The smallest absolute Gasteiger partial charge is 0.0834 e. The maximum atomic E-state index is 6.28. The van der Waals surface area contributed by atoms with Crippen LogP contribution in [0.5, 0.6) is 0 Å². The summed E-state index contributed by atoms with van der Waals surface area (Å²) >= 11 is 6.28. The Kier molecular flexibility index (Phi) is 5.52. The number of hydrogen-bond donors (Lipinski definition) is 1. The molecule has 0 fully saturated rings. The molecule has 20 heavy (non-hydrogen) atoms. The van der Waals surface area contributed by atoms with Gasteiger partial charge in [-0.15, -0.1) is 0 Å². The number of nitrogens with zero attached hydrogens (tertiary/aromatic N) is 3. The van der Waals surface area contributed by atoms with Crippen LogP contribution in [-0.2, 0) is 17.7 Å². The van der Waals surface area contributed by atoms with E-state index < -0.39 is 0 Å². The SMILES string of the molecule is CNC(Cc1cccnc1)c1c(Cl)cnn1CCOC. The van der Waals surface area contributed by atoms with Gasteiger partial charge in [0.05, 0.1) is 36.1 Å². The third-order valence-electron chi connectivity index (χ3n) is 3.18. The van der Waals surface area contributed by atoms with Gasteiger partial charge in [0.1, 0.15) is 0 Å². The Balaban J connectivity index is 2.20. The molecule has 0 aromatic carbocycles. The van der Waals surface area contributed by atoms with Gasteiger partial charge in [-0.1, -0.05) is 17.7 Å². The number of pyridine rings is 1. The summed E-state index contributed by atoms with van der Waals surface area (Å²) in [6.45, 7) is 1.29. The van der Waals surface area contributed by atoms with Gasteiger partial charge in [0.15, 0.2) is 0 Å². The number of nitrogens with one attached hydrogen (secondary N) is 1. The Morgan fingerprint density at radius 1 is 1.45 bits per heavy atom. The van der Waals surface area contributed by atoms with Crippen LogP contribution >= 0.6 is 11.6 Å². The van der Waals surface area contributed by atoms with E-state index in [0.717, 1.165) is 17.7 Å². The maximum Gasteiger partial charge on any atom is 0.0834 e. The maximum absolute atomic E-state index is 6.28. The molecule has 0 aliphatic carbocycles. The first kappa shape index (κ1) is 15.0. The van der Waals surface area contributed by atoms with Crippen LogP contribution in [0.1, 0.15) is 17.3 Å².